The van der Waals surface area contributed by atoms with Crippen LogP contribution in [0.25, 0.3) is 0 Å². The van der Waals surface area contributed by atoms with Crippen molar-refractivity contribution in [2.24, 2.45) is 5.92 Å². The monoisotopic (exact) mass is 135 g/mol. The maximum atomic E-state index is 5.66. The van der Waals surface area contributed by atoms with Crippen molar-refractivity contribution in [2.45, 2.75) is 33.6 Å². The Kier molecular flexibility index (Phi) is 5.28. The molecule has 0 spiro atoms. The Labute approximate surface area is 65.4 Å². The molecule has 10 heavy (non-hydrogen) atoms. The van der Waals surface area contributed by atoms with Gasteiger partial charge >= 0.3 is 64.6 Å². The van der Waals surface area contributed by atoms with E-state index in [4.69, 9.17) is 7.49 Å². The second kappa shape index (κ2) is 5.46. The molecule has 0 aliphatic rings. The molecule has 0 aromatic carbocycles. The van der Waals surface area contributed by atoms with Crippen LogP contribution in [0.4, 0.5) is 0 Å². The van der Waals surface area contributed by atoms with Crippen LogP contribution in [0.15, 0.2) is 12.2 Å². The van der Waals surface area contributed by atoms with Crippen molar-refractivity contribution >= 4 is 13.0 Å². The summed E-state index contributed by atoms with van der Waals surface area (Å²) in [6.07, 6.45) is 6.18. The van der Waals surface area contributed by atoms with Crippen molar-refractivity contribution in [1.29, 1.82) is 0 Å². The first-order chi connectivity index (χ1) is 4.66. The van der Waals surface area contributed by atoms with Gasteiger partial charge in [0.25, 0.3) is 0 Å². The van der Waals surface area contributed by atoms with Gasteiger partial charge in [-0.05, 0) is 0 Å². The van der Waals surface area contributed by atoms with Crippen LogP contribution in [0.1, 0.15) is 33.6 Å². The van der Waals surface area contributed by atoms with Gasteiger partial charge < -0.3 is 0 Å². The van der Waals surface area contributed by atoms with Crippen molar-refractivity contribution in [3.63, 3.8) is 0 Å². The van der Waals surface area contributed by atoms with Gasteiger partial charge in [-0.1, -0.05) is 0 Å². The molecule has 0 aromatic rings. The van der Waals surface area contributed by atoms with E-state index in [0.29, 0.717) is 0 Å². The molecule has 0 fully saturated rings. The molecular formula is C9H16B. The summed E-state index contributed by atoms with van der Waals surface area (Å²) in [6, 6.07) is 0. The molecule has 0 amide bonds. The summed E-state index contributed by atoms with van der Waals surface area (Å²) in [5, 5.41) is 0. The molecule has 0 saturated heterocycles. The van der Waals surface area contributed by atoms with Crippen LogP contribution >= 0.6 is 0 Å². The molecule has 0 unspecified atom stereocenters. The minimum atomic E-state index is 0.754. The van der Waals surface area contributed by atoms with Crippen LogP contribution in [0, 0.1) is 5.92 Å². The van der Waals surface area contributed by atoms with Gasteiger partial charge in [0.1, 0.15) is 0 Å². The molecule has 0 nitrogen and oxygen atoms in total. The van der Waals surface area contributed by atoms with Crippen molar-refractivity contribution in [1.82, 2.24) is 0 Å². The zero-order valence-corrected chi connectivity index (χ0v) is 7.22. The van der Waals surface area contributed by atoms with E-state index in [9.17, 15) is 0 Å². The van der Waals surface area contributed by atoms with Gasteiger partial charge in [-0.3, -0.25) is 0 Å². The molecule has 0 heterocycles. The summed E-state index contributed by atoms with van der Waals surface area (Å²) in [5.41, 5.74) is 0.996. The fourth-order valence-electron chi connectivity index (χ4n) is 0.753. The summed E-state index contributed by atoms with van der Waals surface area (Å²) < 4.78 is 0. The predicted octanol–water partition coefficient (Wildman–Crippen LogP) is 2.34. The van der Waals surface area contributed by atoms with Crippen LogP contribution in [-0.4, -0.2) is 13.0 Å². The first kappa shape index (κ1) is 9.67. The average molecular weight is 135 g/mol. The topological polar surface area (TPSA) is 0 Å². The third-order valence-corrected chi connectivity index (χ3v) is 1.39. The summed E-state index contributed by atoms with van der Waals surface area (Å²) in [5.74, 6) is 0.754. The Bertz CT molecular complexity index is 123. The Morgan fingerprint density at radius 1 is 1.50 bits per heavy atom. The van der Waals surface area contributed by atoms with Crippen LogP contribution in [0.2, 0.25) is 0 Å². The Balaban J connectivity index is 3.40. The third-order valence-electron chi connectivity index (χ3n) is 1.39. The standard InChI is InChI=1S/C9H16B/c1-4-5-9(10)7-6-8(2)3/h4-5,8H,6-7H2,1-3H3/b5-4+. The maximum absolute atomic E-state index is 5.66. The van der Waals surface area contributed by atoms with Crippen molar-refractivity contribution < 1.29 is 0 Å². The van der Waals surface area contributed by atoms with E-state index in [1.54, 1.807) is 0 Å². The van der Waals surface area contributed by atoms with Crippen molar-refractivity contribution in [2.75, 3.05) is 0 Å². The number of hydrogen-bond acceptors (Lipinski definition) is 0. The van der Waals surface area contributed by atoms with E-state index in [1.807, 2.05) is 19.1 Å². The second-order valence-corrected chi connectivity index (χ2v) is 3.01. The Hall–Kier alpha value is -0.325. The molecule has 0 aliphatic carbocycles. The Morgan fingerprint density at radius 3 is 2.50 bits per heavy atom. The number of rotatable bonds is 4. The first-order valence-electron chi connectivity index (χ1n) is 3.90. The second-order valence-electron chi connectivity index (χ2n) is 3.01. The van der Waals surface area contributed by atoms with Crippen LogP contribution < -0.4 is 0 Å². The van der Waals surface area contributed by atoms with Gasteiger partial charge in [0, 0.05) is 0 Å². The Morgan fingerprint density at radius 2 is 2.10 bits per heavy atom. The van der Waals surface area contributed by atoms with Crippen LogP contribution in [-0.2, 0) is 0 Å². The molecule has 55 valence electrons. The van der Waals surface area contributed by atoms with Gasteiger partial charge in [0.2, 0.25) is 0 Å². The summed E-state index contributed by atoms with van der Waals surface area (Å²) in [4.78, 5) is 0. The predicted molar refractivity (Wildman–Crippen MR) is 49.6 cm³/mol. The number of allylic oxidation sites excluding steroid dienone is 2. The average Bonchev–Trinajstić information content (AvgIpc) is 1.85. The normalized spacial score (nSPS) is 11.1. The first-order valence-corrected chi connectivity index (χ1v) is 3.90. The van der Waals surface area contributed by atoms with Crippen molar-refractivity contribution in [3.05, 3.63) is 12.2 Å². The molecule has 1 heteroatoms. The fourth-order valence-corrected chi connectivity index (χ4v) is 0.753. The minimum absolute atomic E-state index is 0.754. The molecule has 0 aromatic heterocycles. The SMILES string of the molecule is [B]=C(/C=C/C)CCC(C)C. The van der Waals surface area contributed by atoms with Gasteiger partial charge in [-0.2, -0.15) is 0 Å². The zero-order valence-electron chi connectivity index (χ0n) is 7.22. The van der Waals surface area contributed by atoms with Gasteiger partial charge in [-0.25, -0.2) is 0 Å². The molecule has 0 saturated carbocycles. The van der Waals surface area contributed by atoms with E-state index >= 15 is 0 Å². The van der Waals surface area contributed by atoms with E-state index in [1.165, 1.54) is 6.42 Å². The van der Waals surface area contributed by atoms with E-state index in [0.717, 1.165) is 17.8 Å². The quantitative estimate of drug-likeness (QED) is 0.519. The molecule has 0 N–H and O–H groups in total. The van der Waals surface area contributed by atoms with Gasteiger partial charge in [-0.15, -0.1) is 0 Å². The van der Waals surface area contributed by atoms with Gasteiger partial charge in [0.15, 0.2) is 0 Å². The van der Waals surface area contributed by atoms with Crippen molar-refractivity contribution in [3.8, 4) is 0 Å². The number of hydrogen-bond donors (Lipinski definition) is 0. The fraction of sp³-hybridized carbons (Fsp3) is 0.667. The molecule has 0 atom stereocenters. The summed E-state index contributed by atoms with van der Waals surface area (Å²) in [7, 11) is 5.66. The molecule has 1 radical (unpaired) electrons. The van der Waals surface area contributed by atoms with E-state index < -0.39 is 0 Å². The van der Waals surface area contributed by atoms with Crippen LogP contribution in [0.5, 0.6) is 0 Å². The molecule has 0 rings (SSSR count). The van der Waals surface area contributed by atoms with E-state index in [-0.39, 0.29) is 0 Å². The van der Waals surface area contributed by atoms with Gasteiger partial charge in [0.05, 0.1) is 0 Å². The van der Waals surface area contributed by atoms with Crippen LogP contribution in [0.3, 0.4) is 0 Å². The molecule has 0 aliphatic heterocycles. The molecule has 0 bridgehead atoms. The summed E-state index contributed by atoms with van der Waals surface area (Å²) >= 11 is 0. The zero-order chi connectivity index (χ0) is 7.98. The third kappa shape index (κ3) is 5.81. The van der Waals surface area contributed by atoms with E-state index in [2.05, 4.69) is 13.8 Å². The summed E-state index contributed by atoms with van der Waals surface area (Å²) in [6.45, 7) is 6.41. The molecular weight excluding hydrogens is 119 g/mol.